The molecule has 4 heteroatoms. The molecule has 2 aromatic rings. The van der Waals surface area contributed by atoms with Crippen molar-refractivity contribution in [2.45, 2.75) is 83.4 Å². The van der Waals surface area contributed by atoms with Crippen molar-refractivity contribution >= 4 is 20.6 Å². The van der Waals surface area contributed by atoms with Crippen LogP contribution in [0.2, 0.25) is 0 Å². The van der Waals surface area contributed by atoms with Crippen LogP contribution in [0, 0.1) is 0 Å². The fourth-order valence-corrected chi connectivity index (χ4v) is 7.77. The van der Waals surface area contributed by atoms with Gasteiger partial charge in [0.05, 0.1) is 0 Å². The molecule has 4 rings (SSSR count). The second kappa shape index (κ2) is 10.7. The first-order valence-corrected chi connectivity index (χ1v) is 16.7. The van der Waals surface area contributed by atoms with Crippen molar-refractivity contribution in [1.82, 2.24) is 4.90 Å². The monoisotopic (exact) mass is 671 g/mol. The molecule has 1 atom stereocenters. The average Bonchev–Trinajstić information content (AvgIpc) is 3.21. The summed E-state index contributed by atoms with van der Waals surface area (Å²) in [5.41, 5.74) is 10.8. The summed E-state index contributed by atoms with van der Waals surface area (Å²) in [5.74, 6) is 1.76. The summed E-state index contributed by atoms with van der Waals surface area (Å²) in [4.78, 5) is 5.01. The van der Waals surface area contributed by atoms with Crippen molar-refractivity contribution in [1.29, 1.82) is 0 Å². The van der Waals surface area contributed by atoms with Crippen LogP contribution in [0.25, 0.3) is 5.70 Å². The molecule has 2 aliphatic heterocycles. The van der Waals surface area contributed by atoms with Crippen LogP contribution in [0.4, 0.5) is 5.69 Å². The van der Waals surface area contributed by atoms with E-state index in [1.165, 1.54) is 44.9 Å². The molecule has 0 saturated heterocycles. The molecule has 2 aliphatic rings. The molecule has 0 amide bonds. The molecule has 192 valence electrons. The van der Waals surface area contributed by atoms with Crippen molar-refractivity contribution in [2.24, 2.45) is 0 Å². The van der Waals surface area contributed by atoms with E-state index in [1.54, 1.807) is 0 Å². The van der Waals surface area contributed by atoms with Crippen LogP contribution in [0.1, 0.15) is 107 Å². The van der Waals surface area contributed by atoms with E-state index in [1.807, 2.05) is 0 Å². The van der Waals surface area contributed by atoms with Crippen LogP contribution in [0.3, 0.4) is 0 Å². The molecular formula is C31H39AuClN2-. The zero-order valence-electron chi connectivity index (χ0n) is 22.2. The van der Waals surface area contributed by atoms with Gasteiger partial charge in [-0.3, -0.25) is 0 Å². The molecule has 0 bridgehead atoms. The Morgan fingerprint density at radius 1 is 0.743 bits per heavy atom. The van der Waals surface area contributed by atoms with Crippen LogP contribution >= 0.6 is 9.19 Å². The minimum absolute atomic E-state index is 0.112. The van der Waals surface area contributed by atoms with Gasteiger partial charge in [-0.05, 0) is 0 Å². The number of nitrogens with zero attached hydrogens (tertiary/aromatic N) is 2. The number of rotatable bonds is 7. The van der Waals surface area contributed by atoms with Gasteiger partial charge in [0.25, 0.3) is 0 Å². The van der Waals surface area contributed by atoms with Crippen LogP contribution in [0.15, 0.2) is 66.5 Å². The molecule has 0 radical (unpaired) electrons. The van der Waals surface area contributed by atoms with E-state index >= 15 is 0 Å². The number of allylic oxidation sites excluding steroid dienone is 3. The van der Waals surface area contributed by atoms with Gasteiger partial charge in [-0.25, -0.2) is 0 Å². The fraction of sp³-hybridized carbons (Fsp3) is 0.419. The van der Waals surface area contributed by atoms with E-state index in [0.717, 1.165) is 0 Å². The molecule has 1 unspecified atom stereocenters. The number of para-hydroxylation sites is 1. The average molecular weight is 672 g/mol. The standard InChI is InChI=1S/C31H39N2.Au.ClH/c1-20(2)25-13-10-14-26(21(3)4)30(25)29-17-9-12-24-18-32(19-33(24)29)31-27(22(5)6)15-11-16-28(31)23(7)8;;/h9-23H,1-8H3;;1H/p-1. The Morgan fingerprint density at radius 3 is 1.69 bits per heavy atom. The quantitative estimate of drug-likeness (QED) is 0.271. The maximum absolute atomic E-state index is 6.92. The predicted molar refractivity (Wildman–Crippen MR) is 148 cm³/mol. The van der Waals surface area contributed by atoms with E-state index in [4.69, 9.17) is 9.19 Å². The number of benzene rings is 2. The summed E-state index contributed by atoms with van der Waals surface area (Å²) in [5, 5.41) is 0. The Kier molecular flexibility index (Phi) is 8.08. The van der Waals surface area contributed by atoms with Gasteiger partial charge in [-0.15, -0.1) is 0 Å². The second-order valence-corrected chi connectivity index (χ2v) is 13.5. The van der Waals surface area contributed by atoms with Crippen molar-refractivity contribution < 1.29 is 18.7 Å². The fourth-order valence-electron chi connectivity index (χ4n) is 5.26. The molecular weight excluding hydrogens is 633 g/mol. The SMILES string of the molecule is CC(C)c1cccc(C(C)C)c1C1=CC=CC2=CN(c3c(C(C)C)cccc3C(C)C)[CH]([Au-][Cl])N21. The molecule has 0 aromatic heterocycles. The van der Waals surface area contributed by atoms with Crippen molar-refractivity contribution in [2.75, 3.05) is 4.90 Å². The third kappa shape index (κ3) is 4.83. The van der Waals surface area contributed by atoms with Crippen LogP contribution in [-0.2, 0) is 18.7 Å². The topological polar surface area (TPSA) is 6.48 Å². The van der Waals surface area contributed by atoms with E-state index < -0.39 is 18.7 Å². The predicted octanol–water partition coefficient (Wildman–Crippen LogP) is 9.27. The van der Waals surface area contributed by atoms with Crippen LogP contribution in [0.5, 0.6) is 0 Å². The third-order valence-corrected chi connectivity index (χ3v) is 9.57. The molecule has 2 nitrogen and oxygen atoms in total. The minimum atomic E-state index is -0.512. The molecule has 0 fully saturated rings. The van der Waals surface area contributed by atoms with Crippen molar-refractivity contribution in [3.63, 3.8) is 0 Å². The molecule has 0 spiro atoms. The van der Waals surface area contributed by atoms with Gasteiger partial charge in [-0.2, -0.15) is 0 Å². The number of anilines is 1. The zero-order chi connectivity index (χ0) is 25.4. The van der Waals surface area contributed by atoms with E-state index in [2.05, 4.69) is 126 Å². The molecule has 2 aromatic carbocycles. The van der Waals surface area contributed by atoms with Gasteiger partial charge in [0, 0.05) is 0 Å². The van der Waals surface area contributed by atoms with E-state index in [9.17, 15) is 0 Å². The first kappa shape index (κ1) is 26.4. The Labute approximate surface area is 225 Å². The number of fused-ring (bicyclic) bond motifs is 1. The van der Waals surface area contributed by atoms with Gasteiger partial charge < -0.3 is 0 Å². The van der Waals surface area contributed by atoms with Gasteiger partial charge in [0.2, 0.25) is 0 Å². The normalized spacial score (nSPS) is 17.8. The summed E-state index contributed by atoms with van der Waals surface area (Å²) in [7, 11) is 6.92. The molecule has 0 aliphatic carbocycles. The Bertz CT molecular complexity index is 1120. The van der Waals surface area contributed by atoms with E-state index in [0.29, 0.717) is 23.7 Å². The summed E-state index contributed by atoms with van der Waals surface area (Å²) >= 11 is -0.512. The van der Waals surface area contributed by atoms with Gasteiger partial charge >= 0.3 is 227 Å². The van der Waals surface area contributed by atoms with Crippen molar-refractivity contribution in [3.8, 4) is 0 Å². The van der Waals surface area contributed by atoms with Gasteiger partial charge in [0.1, 0.15) is 0 Å². The summed E-state index contributed by atoms with van der Waals surface area (Å²) in [6.45, 7) is 18.4. The van der Waals surface area contributed by atoms with Gasteiger partial charge in [0.15, 0.2) is 0 Å². The Morgan fingerprint density at radius 2 is 1.23 bits per heavy atom. The maximum atomic E-state index is 6.92. The first-order chi connectivity index (χ1) is 16.7. The summed E-state index contributed by atoms with van der Waals surface area (Å²) in [6, 6.07) is 13.6. The number of hydrogen-bond acceptors (Lipinski definition) is 2. The van der Waals surface area contributed by atoms with Crippen LogP contribution < -0.4 is 4.90 Å². The number of hydrogen-bond donors (Lipinski definition) is 0. The summed E-state index contributed by atoms with van der Waals surface area (Å²) < 4.78 is 0.112. The Balaban J connectivity index is 1.90. The van der Waals surface area contributed by atoms with Crippen LogP contribution in [-0.4, -0.2) is 9.28 Å². The third-order valence-electron chi connectivity index (χ3n) is 7.02. The molecule has 0 saturated carbocycles. The molecule has 2 heterocycles. The zero-order valence-corrected chi connectivity index (χ0v) is 25.2. The summed E-state index contributed by atoms with van der Waals surface area (Å²) in [6.07, 6.45) is 9.09. The van der Waals surface area contributed by atoms with E-state index in [-0.39, 0.29) is 4.38 Å². The molecule has 35 heavy (non-hydrogen) atoms. The Hall–Kier alpha value is -1.71. The number of halogens is 1. The second-order valence-electron chi connectivity index (χ2n) is 10.8. The molecule has 0 N–H and O–H groups in total. The van der Waals surface area contributed by atoms with Crippen molar-refractivity contribution in [3.05, 3.63) is 94.3 Å². The van der Waals surface area contributed by atoms with Gasteiger partial charge in [-0.1, -0.05) is 0 Å². The first-order valence-electron chi connectivity index (χ1n) is 12.8.